The number of rotatable bonds is 3. The average molecular weight is 339 g/mol. The van der Waals surface area contributed by atoms with Gasteiger partial charge in [0.1, 0.15) is 5.56 Å². The first-order chi connectivity index (χ1) is 11.5. The molecule has 0 unspecified atom stereocenters. The molecule has 4 nitrogen and oxygen atoms in total. The molecular weight excluding hydrogens is 324 g/mol. The fraction of sp³-hybridized carbons (Fsp3) is 0.0526. The van der Waals surface area contributed by atoms with Gasteiger partial charge in [0.15, 0.2) is 0 Å². The maximum absolute atomic E-state index is 12.3. The number of nitrogens with one attached hydrogen (secondary N) is 2. The Hall–Kier alpha value is -2.85. The first-order valence-electron chi connectivity index (χ1n) is 7.40. The molecule has 0 bridgehead atoms. The standard InChI is InChI=1S/C19H15ClN2O2/c1-12-3-2-4-15(11-12)21-18(23)16-9-10-17(22-19(16)24)13-5-7-14(20)8-6-13/h2-11H,1H3,(H,21,23)(H,22,24). The van der Waals surface area contributed by atoms with Gasteiger partial charge in [-0.15, -0.1) is 0 Å². The Bertz CT molecular complexity index is 946. The molecule has 0 radical (unpaired) electrons. The van der Waals surface area contributed by atoms with Gasteiger partial charge in [-0.05, 0) is 54.4 Å². The first kappa shape index (κ1) is 16.0. The second kappa shape index (κ2) is 6.72. The van der Waals surface area contributed by atoms with E-state index in [1.54, 1.807) is 36.4 Å². The molecule has 2 aromatic carbocycles. The van der Waals surface area contributed by atoms with Gasteiger partial charge in [0.05, 0.1) is 0 Å². The third-order valence-corrected chi connectivity index (χ3v) is 3.84. The Kier molecular flexibility index (Phi) is 4.49. The van der Waals surface area contributed by atoms with Crippen LogP contribution in [-0.2, 0) is 0 Å². The van der Waals surface area contributed by atoms with Crippen LogP contribution in [0.25, 0.3) is 11.3 Å². The summed E-state index contributed by atoms with van der Waals surface area (Å²) in [5, 5.41) is 3.35. The van der Waals surface area contributed by atoms with E-state index in [-0.39, 0.29) is 5.56 Å². The minimum absolute atomic E-state index is 0.0641. The number of aromatic nitrogens is 1. The van der Waals surface area contributed by atoms with Crippen LogP contribution in [0.15, 0.2) is 65.5 Å². The number of benzene rings is 2. The summed E-state index contributed by atoms with van der Waals surface area (Å²) < 4.78 is 0. The van der Waals surface area contributed by atoms with Gasteiger partial charge in [-0.2, -0.15) is 0 Å². The van der Waals surface area contributed by atoms with Gasteiger partial charge in [-0.1, -0.05) is 35.9 Å². The number of hydrogen-bond acceptors (Lipinski definition) is 2. The van der Waals surface area contributed by atoms with Gasteiger partial charge in [-0.25, -0.2) is 0 Å². The Morgan fingerprint density at radius 3 is 2.46 bits per heavy atom. The molecule has 1 aromatic heterocycles. The van der Waals surface area contributed by atoms with Crippen molar-refractivity contribution in [2.75, 3.05) is 5.32 Å². The van der Waals surface area contributed by atoms with Gasteiger partial charge in [0, 0.05) is 16.4 Å². The summed E-state index contributed by atoms with van der Waals surface area (Å²) in [5.74, 6) is -0.440. The second-order valence-electron chi connectivity index (χ2n) is 5.45. The molecule has 3 aromatic rings. The van der Waals surface area contributed by atoms with Crippen LogP contribution in [0, 0.1) is 6.92 Å². The maximum atomic E-state index is 12.3. The summed E-state index contributed by atoms with van der Waals surface area (Å²) in [4.78, 5) is 27.3. The lowest BCUT2D eigenvalue weighted by Crippen LogP contribution is -2.23. The number of carbonyl (C=O) groups excluding carboxylic acids is 1. The molecule has 0 aliphatic heterocycles. The van der Waals surface area contributed by atoms with Crippen molar-refractivity contribution < 1.29 is 4.79 Å². The van der Waals surface area contributed by atoms with Crippen molar-refractivity contribution in [2.45, 2.75) is 6.92 Å². The lowest BCUT2D eigenvalue weighted by atomic mass is 10.1. The van der Waals surface area contributed by atoms with Crippen LogP contribution < -0.4 is 10.9 Å². The SMILES string of the molecule is Cc1cccc(NC(=O)c2ccc(-c3ccc(Cl)cc3)[nH]c2=O)c1. The van der Waals surface area contributed by atoms with Gasteiger partial charge in [-0.3, -0.25) is 9.59 Å². The fourth-order valence-electron chi connectivity index (χ4n) is 2.37. The molecule has 0 fully saturated rings. The molecule has 120 valence electrons. The molecule has 0 saturated carbocycles. The highest BCUT2D eigenvalue weighted by Gasteiger charge is 2.12. The second-order valence-corrected chi connectivity index (χ2v) is 5.88. The Balaban J connectivity index is 1.85. The smallest absolute Gasteiger partial charge is 0.261 e. The summed E-state index contributed by atoms with van der Waals surface area (Å²) in [5.41, 5.74) is 2.76. The van der Waals surface area contributed by atoms with E-state index in [1.165, 1.54) is 6.07 Å². The molecule has 2 N–H and O–H groups in total. The summed E-state index contributed by atoms with van der Waals surface area (Å²) in [6.07, 6.45) is 0. The highest BCUT2D eigenvalue weighted by Crippen LogP contribution is 2.19. The number of anilines is 1. The Labute approximate surface area is 144 Å². The van der Waals surface area contributed by atoms with Crippen LogP contribution in [0.1, 0.15) is 15.9 Å². The zero-order valence-corrected chi connectivity index (χ0v) is 13.7. The third kappa shape index (κ3) is 3.55. The van der Waals surface area contributed by atoms with Gasteiger partial charge >= 0.3 is 0 Å². The van der Waals surface area contributed by atoms with Crippen LogP contribution in [-0.4, -0.2) is 10.9 Å². The van der Waals surface area contributed by atoms with Crippen molar-refractivity contribution in [3.63, 3.8) is 0 Å². The fourth-order valence-corrected chi connectivity index (χ4v) is 2.50. The molecule has 24 heavy (non-hydrogen) atoms. The van der Waals surface area contributed by atoms with Gasteiger partial charge in [0.2, 0.25) is 0 Å². The molecule has 3 rings (SSSR count). The van der Waals surface area contributed by atoms with Crippen molar-refractivity contribution in [3.05, 3.63) is 87.2 Å². The van der Waals surface area contributed by atoms with E-state index >= 15 is 0 Å². The summed E-state index contributed by atoms with van der Waals surface area (Å²) in [6, 6.07) is 17.7. The lowest BCUT2D eigenvalue weighted by Gasteiger charge is -2.07. The maximum Gasteiger partial charge on any atom is 0.261 e. The topological polar surface area (TPSA) is 62.0 Å². The number of aromatic amines is 1. The largest absolute Gasteiger partial charge is 0.322 e. The van der Waals surface area contributed by atoms with Gasteiger partial charge in [0.25, 0.3) is 11.5 Å². The molecule has 0 aliphatic carbocycles. The first-order valence-corrected chi connectivity index (χ1v) is 7.78. The minimum atomic E-state index is -0.440. The molecule has 0 saturated heterocycles. The van der Waals surface area contributed by atoms with Crippen molar-refractivity contribution in [2.24, 2.45) is 0 Å². The van der Waals surface area contributed by atoms with Crippen LogP contribution in [0.4, 0.5) is 5.69 Å². The average Bonchev–Trinajstić information content (AvgIpc) is 2.55. The molecular formula is C19H15ClN2O2. The molecule has 5 heteroatoms. The van der Waals surface area contributed by atoms with Crippen LogP contribution in [0.3, 0.4) is 0 Å². The number of hydrogen-bond donors (Lipinski definition) is 2. The van der Waals surface area contributed by atoms with E-state index in [0.29, 0.717) is 16.4 Å². The molecule has 1 heterocycles. The summed E-state index contributed by atoms with van der Waals surface area (Å²) in [6.45, 7) is 1.93. The molecule has 0 atom stereocenters. The number of halogens is 1. The quantitative estimate of drug-likeness (QED) is 0.749. The molecule has 1 amide bonds. The third-order valence-electron chi connectivity index (χ3n) is 3.59. The van der Waals surface area contributed by atoms with Crippen molar-refractivity contribution in [3.8, 4) is 11.3 Å². The zero-order chi connectivity index (χ0) is 17.1. The van der Waals surface area contributed by atoms with E-state index in [0.717, 1.165) is 11.1 Å². The van der Waals surface area contributed by atoms with Crippen molar-refractivity contribution >= 4 is 23.2 Å². The van der Waals surface area contributed by atoms with Crippen LogP contribution >= 0.6 is 11.6 Å². The summed E-state index contributed by atoms with van der Waals surface area (Å²) >= 11 is 5.86. The Morgan fingerprint density at radius 2 is 1.79 bits per heavy atom. The number of aryl methyl sites for hydroxylation is 1. The van der Waals surface area contributed by atoms with E-state index in [9.17, 15) is 9.59 Å². The molecule has 0 spiro atoms. The predicted octanol–water partition coefficient (Wildman–Crippen LogP) is 4.26. The molecule has 0 aliphatic rings. The lowest BCUT2D eigenvalue weighted by molar-refractivity contribution is 0.102. The van der Waals surface area contributed by atoms with Crippen LogP contribution in [0.5, 0.6) is 0 Å². The minimum Gasteiger partial charge on any atom is -0.322 e. The van der Waals surface area contributed by atoms with Gasteiger partial charge < -0.3 is 10.3 Å². The van der Waals surface area contributed by atoms with Crippen molar-refractivity contribution in [1.29, 1.82) is 0 Å². The normalized spacial score (nSPS) is 10.4. The predicted molar refractivity (Wildman–Crippen MR) is 96.6 cm³/mol. The zero-order valence-electron chi connectivity index (χ0n) is 13.0. The highest BCUT2D eigenvalue weighted by atomic mass is 35.5. The number of H-pyrrole nitrogens is 1. The van der Waals surface area contributed by atoms with E-state index in [4.69, 9.17) is 11.6 Å². The number of carbonyl (C=O) groups is 1. The Morgan fingerprint density at radius 1 is 1.04 bits per heavy atom. The number of amides is 1. The summed E-state index contributed by atoms with van der Waals surface area (Å²) in [7, 11) is 0. The monoisotopic (exact) mass is 338 g/mol. The van der Waals surface area contributed by atoms with Crippen molar-refractivity contribution in [1.82, 2.24) is 4.98 Å². The van der Waals surface area contributed by atoms with Crippen LogP contribution in [0.2, 0.25) is 5.02 Å². The number of pyridine rings is 1. The van der Waals surface area contributed by atoms with E-state index in [1.807, 2.05) is 25.1 Å². The van der Waals surface area contributed by atoms with E-state index in [2.05, 4.69) is 10.3 Å². The van der Waals surface area contributed by atoms with E-state index < -0.39 is 11.5 Å². The highest BCUT2D eigenvalue weighted by molar-refractivity contribution is 6.30.